The number of carboxylic acids is 1. The number of Topliss-reactive ketones (excluding diaryl/α,β-unsaturated/α-hetero) is 1. The van der Waals surface area contributed by atoms with Crippen LogP contribution < -0.4 is 0 Å². The summed E-state index contributed by atoms with van der Waals surface area (Å²) < 4.78 is 1.24. The molecule has 1 aromatic heterocycles. The van der Waals surface area contributed by atoms with E-state index < -0.39 is 5.97 Å². The van der Waals surface area contributed by atoms with Gasteiger partial charge in [0.05, 0.1) is 6.20 Å². The Morgan fingerprint density at radius 2 is 2.23 bits per heavy atom. The fourth-order valence-corrected chi connectivity index (χ4v) is 2.59. The quantitative estimate of drug-likeness (QED) is 0.874. The number of allylic oxidation sites excluding steroid dienone is 1. The Balaban J connectivity index is 1.88. The molecule has 1 heterocycles. The molecular weight excluding hydrogens is 282 g/mol. The highest BCUT2D eigenvalue weighted by molar-refractivity contribution is 6.13. The van der Waals surface area contributed by atoms with Gasteiger partial charge in [-0.05, 0) is 37.5 Å². The van der Waals surface area contributed by atoms with Crippen molar-refractivity contribution >= 4 is 17.8 Å². The summed E-state index contributed by atoms with van der Waals surface area (Å²) in [5, 5.41) is 16.3. The van der Waals surface area contributed by atoms with Crippen molar-refractivity contribution in [1.29, 1.82) is 0 Å². The molecular formula is C16H15N3O3. The third kappa shape index (κ3) is 2.81. The highest BCUT2D eigenvalue weighted by atomic mass is 16.4. The Morgan fingerprint density at radius 1 is 1.41 bits per heavy atom. The van der Waals surface area contributed by atoms with Gasteiger partial charge in [-0.2, -0.15) is 0 Å². The minimum atomic E-state index is -0.984. The molecule has 1 N–H and O–H groups in total. The third-order valence-electron chi connectivity index (χ3n) is 3.64. The van der Waals surface area contributed by atoms with Gasteiger partial charge in [0.2, 0.25) is 0 Å². The van der Waals surface area contributed by atoms with Crippen molar-refractivity contribution in [1.82, 2.24) is 15.0 Å². The van der Waals surface area contributed by atoms with Crippen LogP contribution in [-0.2, 0) is 17.8 Å². The van der Waals surface area contributed by atoms with Crippen LogP contribution in [0.4, 0.5) is 0 Å². The van der Waals surface area contributed by atoms with Crippen LogP contribution in [0.5, 0.6) is 0 Å². The lowest BCUT2D eigenvalue weighted by molar-refractivity contribution is -0.137. The predicted molar refractivity (Wildman–Crippen MR) is 79.5 cm³/mol. The molecule has 1 aromatic carbocycles. The summed E-state index contributed by atoms with van der Waals surface area (Å²) in [6.07, 6.45) is 4.69. The Bertz CT molecular complexity index is 790. The second-order valence-corrected chi connectivity index (χ2v) is 5.39. The molecule has 0 spiro atoms. The van der Waals surface area contributed by atoms with Gasteiger partial charge in [0, 0.05) is 11.1 Å². The summed E-state index contributed by atoms with van der Waals surface area (Å²) >= 11 is 0. The van der Waals surface area contributed by atoms with E-state index in [1.165, 1.54) is 10.9 Å². The molecule has 0 fully saturated rings. The van der Waals surface area contributed by atoms with Gasteiger partial charge < -0.3 is 5.11 Å². The zero-order chi connectivity index (χ0) is 15.7. The molecule has 0 unspecified atom stereocenters. The number of carbonyl (C=O) groups excluding carboxylic acids is 1. The lowest BCUT2D eigenvalue weighted by Crippen LogP contribution is -2.14. The van der Waals surface area contributed by atoms with Crippen LogP contribution in [0.1, 0.15) is 33.6 Å². The first-order valence-corrected chi connectivity index (χ1v) is 6.99. The minimum absolute atomic E-state index is 0.0118. The van der Waals surface area contributed by atoms with Gasteiger partial charge in [0.15, 0.2) is 5.78 Å². The molecule has 0 amide bonds. The molecule has 3 rings (SSSR count). The maximum Gasteiger partial charge on any atom is 0.325 e. The number of hydrogen-bond acceptors (Lipinski definition) is 4. The van der Waals surface area contributed by atoms with Gasteiger partial charge >= 0.3 is 5.97 Å². The lowest BCUT2D eigenvalue weighted by atomic mass is 9.85. The summed E-state index contributed by atoms with van der Waals surface area (Å²) in [7, 11) is 0. The first-order valence-electron chi connectivity index (χ1n) is 6.99. The van der Waals surface area contributed by atoms with E-state index in [9.17, 15) is 9.59 Å². The maximum atomic E-state index is 12.5. The van der Waals surface area contributed by atoms with E-state index in [2.05, 4.69) is 10.3 Å². The molecule has 6 heteroatoms. The zero-order valence-corrected chi connectivity index (χ0v) is 12.1. The molecule has 0 saturated carbocycles. The van der Waals surface area contributed by atoms with Crippen LogP contribution >= 0.6 is 0 Å². The molecule has 0 bridgehead atoms. The van der Waals surface area contributed by atoms with Crippen molar-refractivity contribution in [2.45, 2.75) is 26.3 Å². The molecule has 1 aliphatic carbocycles. The number of aryl methyl sites for hydroxylation is 2. The smallest absolute Gasteiger partial charge is 0.325 e. The number of aromatic nitrogens is 3. The fraction of sp³-hybridized carbons (Fsp3) is 0.250. The van der Waals surface area contributed by atoms with Gasteiger partial charge in [0.25, 0.3) is 0 Å². The van der Waals surface area contributed by atoms with Crippen LogP contribution in [0, 0.1) is 6.92 Å². The van der Waals surface area contributed by atoms with Crippen LogP contribution in [-0.4, -0.2) is 31.9 Å². The highest BCUT2D eigenvalue weighted by Crippen LogP contribution is 2.27. The summed E-state index contributed by atoms with van der Waals surface area (Å²) in [6.45, 7) is 1.72. The molecule has 0 aliphatic heterocycles. The number of rotatable bonds is 3. The number of carbonyl (C=O) groups is 2. The van der Waals surface area contributed by atoms with Gasteiger partial charge in [-0.25, -0.2) is 4.68 Å². The number of carboxylic acid groups (broad SMARTS) is 1. The maximum absolute atomic E-state index is 12.5. The van der Waals surface area contributed by atoms with Crippen molar-refractivity contribution in [3.63, 3.8) is 0 Å². The van der Waals surface area contributed by atoms with E-state index in [0.717, 1.165) is 23.1 Å². The van der Waals surface area contributed by atoms with Gasteiger partial charge in [0.1, 0.15) is 12.2 Å². The molecule has 1 aliphatic rings. The SMILES string of the molecule is Cc1ccc2c(c1)C(=O)/C(=C\c1cn(CC(=O)O)nn1)CC2. The second kappa shape index (κ2) is 5.55. The van der Waals surface area contributed by atoms with Gasteiger partial charge in [-0.3, -0.25) is 9.59 Å². The van der Waals surface area contributed by atoms with E-state index in [1.807, 2.05) is 25.1 Å². The summed E-state index contributed by atoms with van der Waals surface area (Å²) in [5.41, 5.74) is 4.06. The second-order valence-electron chi connectivity index (χ2n) is 5.39. The third-order valence-corrected chi connectivity index (χ3v) is 3.64. The fourth-order valence-electron chi connectivity index (χ4n) is 2.59. The number of hydrogen-bond donors (Lipinski definition) is 1. The molecule has 0 saturated heterocycles. The number of nitrogens with zero attached hydrogens (tertiary/aromatic N) is 3. The molecule has 0 atom stereocenters. The Hall–Kier alpha value is -2.76. The average molecular weight is 297 g/mol. The van der Waals surface area contributed by atoms with Crippen LogP contribution in [0.25, 0.3) is 6.08 Å². The first kappa shape index (κ1) is 14.2. The van der Waals surface area contributed by atoms with Crippen molar-refractivity contribution < 1.29 is 14.7 Å². The van der Waals surface area contributed by atoms with Crippen LogP contribution in [0.2, 0.25) is 0 Å². The first-order chi connectivity index (χ1) is 10.5. The number of benzene rings is 1. The van der Waals surface area contributed by atoms with Crippen LogP contribution in [0.15, 0.2) is 30.0 Å². The molecule has 22 heavy (non-hydrogen) atoms. The minimum Gasteiger partial charge on any atom is -0.480 e. The van der Waals surface area contributed by atoms with Crippen molar-refractivity contribution in [3.05, 3.63) is 52.4 Å². The predicted octanol–water partition coefficient (Wildman–Crippen LogP) is 1.88. The summed E-state index contributed by atoms with van der Waals surface area (Å²) in [5.74, 6) is -0.972. The lowest BCUT2D eigenvalue weighted by Gasteiger charge is -2.17. The molecule has 0 radical (unpaired) electrons. The molecule has 6 nitrogen and oxygen atoms in total. The van der Waals surface area contributed by atoms with E-state index in [4.69, 9.17) is 5.11 Å². The van der Waals surface area contributed by atoms with Gasteiger partial charge in [-0.1, -0.05) is 22.9 Å². The number of aliphatic carboxylic acids is 1. The number of ketones is 1. The topological polar surface area (TPSA) is 85.1 Å². The van der Waals surface area contributed by atoms with E-state index in [0.29, 0.717) is 17.7 Å². The summed E-state index contributed by atoms with van der Waals surface area (Å²) in [4.78, 5) is 23.2. The molecule has 2 aromatic rings. The normalized spacial score (nSPS) is 15.9. The van der Waals surface area contributed by atoms with Gasteiger partial charge in [-0.15, -0.1) is 5.10 Å². The van der Waals surface area contributed by atoms with Crippen LogP contribution in [0.3, 0.4) is 0 Å². The largest absolute Gasteiger partial charge is 0.480 e. The van der Waals surface area contributed by atoms with Crippen molar-refractivity contribution in [2.75, 3.05) is 0 Å². The van der Waals surface area contributed by atoms with E-state index >= 15 is 0 Å². The Morgan fingerprint density at radius 3 is 3.00 bits per heavy atom. The average Bonchev–Trinajstić information content (AvgIpc) is 2.89. The summed E-state index contributed by atoms with van der Waals surface area (Å²) in [6, 6.07) is 5.92. The van der Waals surface area contributed by atoms with E-state index in [1.54, 1.807) is 6.08 Å². The monoisotopic (exact) mass is 297 g/mol. The Labute approximate surface area is 127 Å². The highest BCUT2D eigenvalue weighted by Gasteiger charge is 2.22. The van der Waals surface area contributed by atoms with E-state index in [-0.39, 0.29) is 12.3 Å². The van der Waals surface area contributed by atoms with Crippen molar-refractivity contribution in [3.8, 4) is 0 Å². The Kier molecular flexibility index (Phi) is 3.58. The van der Waals surface area contributed by atoms with Crippen molar-refractivity contribution in [2.24, 2.45) is 0 Å². The molecule has 112 valence electrons. The standard InChI is InChI=1S/C16H15N3O3/c1-10-2-3-11-4-5-12(16(22)14(11)6-10)7-13-8-19(18-17-13)9-15(20)21/h2-3,6-8H,4-5,9H2,1H3,(H,20,21)/b12-7-. The number of fused-ring (bicyclic) bond motifs is 1. The zero-order valence-electron chi connectivity index (χ0n) is 12.1.